The molecule has 0 atom stereocenters. The molecule has 0 bridgehead atoms. The molecule has 2 N–H and O–H groups in total. The molecule has 1 aromatic heterocycles. The SMILES string of the molecule is COc1ccc2nc(NC(=O)CSc3cccc(NC(=O)c4c(OC)cccc4OC)c3)sc2c1. The van der Waals surface area contributed by atoms with Crippen molar-refractivity contribution in [2.24, 2.45) is 0 Å². The number of nitrogens with one attached hydrogen (secondary N) is 2. The Morgan fingerprint density at radius 2 is 1.66 bits per heavy atom. The fourth-order valence-electron chi connectivity index (χ4n) is 3.32. The summed E-state index contributed by atoms with van der Waals surface area (Å²) < 4.78 is 16.8. The van der Waals surface area contributed by atoms with Gasteiger partial charge >= 0.3 is 0 Å². The van der Waals surface area contributed by atoms with E-state index >= 15 is 0 Å². The summed E-state index contributed by atoms with van der Waals surface area (Å²) in [5.74, 6) is 1.23. The van der Waals surface area contributed by atoms with Crippen LogP contribution in [0.4, 0.5) is 10.8 Å². The van der Waals surface area contributed by atoms with Crippen LogP contribution in [0.1, 0.15) is 10.4 Å². The molecule has 0 aliphatic rings. The second kappa shape index (κ2) is 11.1. The van der Waals surface area contributed by atoms with E-state index in [4.69, 9.17) is 14.2 Å². The molecule has 0 saturated heterocycles. The summed E-state index contributed by atoms with van der Waals surface area (Å²) in [5.41, 5.74) is 1.70. The minimum atomic E-state index is -0.355. The van der Waals surface area contributed by atoms with Crippen molar-refractivity contribution in [3.8, 4) is 17.2 Å². The summed E-state index contributed by atoms with van der Waals surface area (Å²) in [5, 5.41) is 6.24. The summed E-state index contributed by atoms with van der Waals surface area (Å²) in [6, 6.07) is 18.0. The molecule has 180 valence electrons. The molecular weight excluding hydrogens is 486 g/mol. The van der Waals surface area contributed by atoms with Gasteiger partial charge in [-0.2, -0.15) is 0 Å². The molecule has 8 nitrogen and oxygen atoms in total. The predicted octanol–water partition coefficient (Wildman–Crippen LogP) is 5.31. The van der Waals surface area contributed by atoms with Crippen LogP contribution in [0.25, 0.3) is 10.2 Å². The van der Waals surface area contributed by atoms with Gasteiger partial charge in [0.15, 0.2) is 5.13 Å². The fourth-order valence-corrected chi connectivity index (χ4v) is 4.99. The number of carbonyl (C=O) groups excluding carboxylic acids is 2. The average Bonchev–Trinajstić information content (AvgIpc) is 3.28. The smallest absolute Gasteiger partial charge is 0.263 e. The Morgan fingerprint density at radius 3 is 2.37 bits per heavy atom. The molecule has 4 aromatic rings. The molecule has 10 heteroatoms. The molecular formula is C25H23N3O5S2. The highest BCUT2D eigenvalue weighted by Gasteiger charge is 2.18. The number of benzene rings is 3. The number of hydrogen-bond acceptors (Lipinski definition) is 8. The number of aromatic nitrogens is 1. The highest BCUT2D eigenvalue weighted by Crippen LogP contribution is 2.31. The minimum Gasteiger partial charge on any atom is -0.497 e. The van der Waals surface area contributed by atoms with Crippen LogP contribution < -0.4 is 24.8 Å². The van der Waals surface area contributed by atoms with Gasteiger partial charge in [-0.25, -0.2) is 4.98 Å². The zero-order valence-corrected chi connectivity index (χ0v) is 20.9. The van der Waals surface area contributed by atoms with E-state index in [1.807, 2.05) is 36.4 Å². The minimum absolute atomic E-state index is 0.172. The number of carbonyl (C=O) groups is 2. The van der Waals surface area contributed by atoms with E-state index in [1.54, 1.807) is 31.4 Å². The van der Waals surface area contributed by atoms with Crippen LogP contribution in [0.15, 0.2) is 65.6 Å². The summed E-state index contributed by atoms with van der Waals surface area (Å²) in [7, 11) is 4.61. The van der Waals surface area contributed by atoms with Crippen LogP contribution in [0.2, 0.25) is 0 Å². The van der Waals surface area contributed by atoms with Gasteiger partial charge in [-0.1, -0.05) is 23.5 Å². The Morgan fingerprint density at radius 1 is 0.914 bits per heavy atom. The normalized spacial score (nSPS) is 10.6. The molecule has 4 rings (SSSR count). The molecule has 0 aliphatic heterocycles. The molecule has 0 saturated carbocycles. The van der Waals surface area contributed by atoms with Gasteiger partial charge in [-0.3, -0.25) is 9.59 Å². The monoisotopic (exact) mass is 509 g/mol. The van der Waals surface area contributed by atoms with Crippen LogP contribution in [-0.2, 0) is 4.79 Å². The van der Waals surface area contributed by atoms with Crippen molar-refractivity contribution in [3.05, 3.63) is 66.2 Å². The van der Waals surface area contributed by atoms with Crippen molar-refractivity contribution in [3.63, 3.8) is 0 Å². The lowest BCUT2D eigenvalue weighted by molar-refractivity contribution is -0.113. The van der Waals surface area contributed by atoms with Crippen molar-refractivity contribution in [2.45, 2.75) is 4.90 Å². The Balaban J connectivity index is 1.38. The van der Waals surface area contributed by atoms with E-state index in [9.17, 15) is 9.59 Å². The summed E-state index contributed by atoms with van der Waals surface area (Å²) >= 11 is 2.75. The van der Waals surface area contributed by atoms with Crippen molar-refractivity contribution < 1.29 is 23.8 Å². The summed E-state index contributed by atoms with van der Waals surface area (Å²) in [6.07, 6.45) is 0. The van der Waals surface area contributed by atoms with Gasteiger partial charge in [0.2, 0.25) is 5.91 Å². The van der Waals surface area contributed by atoms with Crippen molar-refractivity contribution in [2.75, 3.05) is 37.7 Å². The van der Waals surface area contributed by atoms with E-state index in [0.29, 0.717) is 27.9 Å². The quantitative estimate of drug-likeness (QED) is 0.295. The highest BCUT2D eigenvalue weighted by atomic mass is 32.2. The van der Waals surface area contributed by atoms with Crippen LogP contribution in [0.5, 0.6) is 17.2 Å². The van der Waals surface area contributed by atoms with E-state index in [2.05, 4.69) is 15.6 Å². The lowest BCUT2D eigenvalue weighted by Gasteiger charge is -2.13. The van der Waals surface area contributed by atoms with Crippen LogP contribution >= 0.6 is 23.1 Å². The first-order valence-electron chi connectivity index (χ1n) is 10.5. The predicted molar refractivity (Wildman–Crippen MR) is 139 cm³/mol. The first-order valence-corrected chi connectivity index (χ1v) is 12.3. The maximum Gasteiger partial charge on any atom is 0.263 e. The molecule has 0 radical (unpaired) electrons. The fraction of sp³-hybridized carbons (Fsp3) is 0.160. The zero-order chi connectivity index (χ0) is 24.8. The van der Waals surface area contributed by atoms with Crippen molar-refractivity contribution in [1.29, 1.82) is 0 Å². The molecule has 35 heavy (non-hydrogen) atoms. The number of fused-ring (bicyclic) bond motifs is 1. The largest absolute Gasteiger partial charge is 0.497 e. The number of hydrogen-bond donors (Lipinski definition) is 2. The van der Waals surface area contributed by atoms with E-state index in [1.165, 1.54) is 37.3 Å². The molecule has 0 unspecified atom stereocenters. The van der Waals surface area contributed by atoms with Gasteiger partial charge in [-0.15, -0.1) is 11.8 Å². The number of methoxy groups -OCH3 is 3. The van der Waals surface area contributed by atoms with Gasteiger partial charge in [0, 0.05) is 10.6 Å². The van der Waals surface area contributed by atoms with Crippen molar-refractivity contribution >= 4 is 55.9 Å². The lowest BCUT2D eigenvalue weighted by Crippen LogP contribution is -2.15. The number of thiazole rings is 1. The second-order valence-electron chi connectivity index (χ2n) is 7.21. The number of nitrogens with zero attached hydrogens (tertiary/aromatic N) is 1. The van der Waals surface area contributed by atoms with Gasteiger partial charge in [-0.05, 0) is 48.5 Å². The Bertz CT molecular complexity index is 1350. The highest BCUT2D eigenvalue weighted by molar-refractivity contribution is 8.00. The maximum absolute atomic E-state index is 12.9. The summed E-state index contributed by atoms with van der Waals surface area (Å²) in [4.78, 5) is 30.7. The third-order valence-electron chi connectivity index (χ3n) is 4.96. The van der Waals surface area contributed by atoms with Crippen LogP contribution in [-0.4, -0.2) is 43.9 Å². The van der Waals surface area contributed by atoms with Gasteiger partial charge < -0.3 is 24.8 Å². The molecule has 1 heterocycles. The first kappa shape index (κ1) is 24.4. The van der Waals surface area contributed by atoms with Crippen LogP contribution in [0, 0.1) is 0 Å². The number of thioether (sulfide) groups is 1. The Labute approximate surface area is 210 Å². The zero-order valence-electron chi connectivity index (χ0n) is 19.3. The number of rotatable bonds is 9. The topological polar surface area (TPSA) is 98.8 Å². The average molecular weight is 510 g/mol. The van der Waals surface area contributed by atoms with E-state index in [0.717, 1.165) is 20.9 Å². The molecule has 2 amide bonds. The maximum atomic E-state index is 12.9. The lowest BCUT2D eigenvalue weighted by atomic mass is 10.1. The molecule has 0 spiro atoms. The molecule has 3 aromatic carbocycles. The summed E-state index contributed by atoms with van der Waals surface area (Å²) in [6.45, 7) is 0. The number of ether oxygens (including phenoxy) is 3. The van der Waals surface area contributed by atoms with Gasteiger partial charge in [0.25, 0.3) is 5.91 Å². The third-order valence-corrected chi connectivity index (χ3v) is 6.89. The van der Waals surface area contributed by atoms with Crippen LogP contribution in [0.3, 0.4) is 0 Å². The van der Waals surface area contributed by atoms with E-state index < -0.39 is 0 Å². The first-order chi connectivity index (χ1) is 17.0. The molecule has 0 fully saturated rings. The third kappa shape index (κ3) is 5.84. The molecule has 0 aliphatic carbocycles. The number of amides is 2. The Hall–Kier alpha value is -3.76. The van der Waals surface area contributed by atoms with Crippen molar-refractivity contribution in [1.82, 2.24) is 4.98 Å². The Kier molecular flexibility index (Phi) is 7.74. The van der Waals surface area contributed by atoms with Gasteiger partial charge in [0.1, 0.15) is 22.8 Å². The number of anilines is 2. The van der Waals surface area contributed by atoms with E-state index in [-0.39, 0.29) is 17.6 Å². The second-order valence-corrected chi connectivity index (χ2v) is 9.29. The van der Waals surface area contributed by atoms with Gasteiger partial charge in [0.05, 0.1) is 37.3 Å². The standard InChI is InChI=1S/C25H23N3O5S2/c1-31-16-10-11-18-21(13-16)35-25(27-18)28-22(29)14-34-17-7-4-6-15(12-17)26-24(30)23-19(32-2)8-5-9-20(23)33-3/h4-13H,14H2,1-3H3,(H,26,30)(H,27,28,29).